The third kappa shape index (κ3) is 7.65. The number of amides is 1. The number of aliphatic hydroxyl groups excluding tert-OH is 1. The van der Waals surface area contributed by atoms with Crippen LogP contribution in [0.4, 0.5) is 0 Å². The number of hydrogen-bond donors (Lipinski definition) is 2. The quantitative estimate of drug-likeness (QED) is 0.603. The number of carbonyl (C=O) groups is 1. The fourth-order valence-electron chi connectivity index (χ4n) is 2.55. The summed E-state index contributed by atoms with van der Waals surface area (Å²) < 4.78 is 0. The number of carbonyl (C=O) groups excluding carboxylic acids is 1. The highest BCUT2D eigenvalue weighted by molar-refractivity contribution is 5.78. The first kappa shape index (κ1) is 17.2. The van der Waals surface area contributed by atoms with E-state index in [1.165, 1.54) is 31.3 Å². The maximum Gasteiger partial charge on any atom is 0.234 e. The molecule has 0 aromatic rings. The van der Waals surface area contributed by atoms with Crippen LogP contribution in [0.2, 0.25) is 0 Å². The topological polar surface area (TPSA) is 52.6 Å². The zero-order valence-electron chi connectivity index (χ0n) is 12.9. The molecule has 0 aromatic carbocycles. The van der Waals surface area contributed by atoms with Crippen LogP contribution in [0.5, 0.6) is 0 Å². The second-order valence-electron chi connectivity index (χ2n) is 5.56. The van der Waals surface area contributed by atoms with Crippen LogP contribution in [-0.2, 0) is 4.79 Å². The average molecular weight is 282 g/mol. The van der Waals surface area contributed by atoms with Crippen LogP contribution in [-0.4, -0.2) is 48.7 Å². The molecule has 1 amide bonds. The van der Waals surface area contributed by atoms with E-state index in [0.717, 1.165) is 32.4 Å². The van der Waals surface area contributed by atoms with Gasteiger partial charge in [0.2, 0.25) is 5.91 Å². The molecule has 1 aliphatic carbocycles. The zero-order valence-corrected chi connectivity index (χ0v) is 12.9. The highest BCUT2D eigenvalue weighted by Gasteiger charge is 2.10. The van der Waals surface area contributed by atoms with Crippen LogP contribution in [0.25, 0.3) is 0 Å². The lowest BCUT2D eigenvalue weighted by Crippen LogP contribution is -2.39. The molecule has 0 aromatic heterocycles. The molecule has 0 heterocycles. The van der Waals surface area contributed by atoms with Crippen molar-refractivity contribution in [2.75, 3.05) is 32.8 Å². The third-order valence-corrected chi connectivity index (χ3v) is 3.76. The Bertz CT molecular complexity index is 303. The highest BCUT2D eigenvalue weighted by Crippen LogP contribution is 2.19. The van der Waals surface area contributed by atoms with Crippen LogP contribution in [0.1, 0.15) is 51.9 Å². The second-order valence-corrected chi connectivity index (χ2v) is 5.56. The second kappa shape index (κ2) is 10.9. The Balaban J connectivity index is 2.18. The first-order valence-corrected chi connectivity index (χ1v) is 8.04. The van der Waals surface area contributed by atoms with Gasteiger partial charge in [-0.2, -0.15) is 0 Å². The summed E-state index contributed by atoms with van der Waals surface area (Å²) in [7, 11) is 0. The molecule has 0 radical (unpaired) electrons. The number of rotatable bonds is 10. The molecule has 2 N–H and O–H groups in total. The molecule has 0 unspecified atom stereocenters. The Morgan fingerprint density at radius 2 is 2.25 bits per heavy atom. The van der Waals surface area contributed by atoms with Gasteiger partial charge in [0.25, 0.3) is 0 Å². The summed E-state index contributed by atoms with van der Waals surface area (Å²) >= 11 is 0. The van der Waals surface area contributed by atoms with Crippen molar-refractivity contribution >= 4 is 5.91 Å². The number of nitrogens with one attached hydrogen (secondary N) is 1. The van der Waals surface area contributed by atoms with Gasteiger partial charge in [-0.3, -0.25) is 9.69 Å². The van der Waals surface area contributed by atoms with E-state index in [0.29, 0.717) is 13.1 Å². The van der Waals surface area contributed by atoms with Gasteiger partial charge in [0, 0.05) is 13.1 Å². The Morgan fingerprint density at radius 3 is 2.90 bits per heavy atom. The van der Waals surface area contributed by atoms with E-state index in [2.05, 4.69) is 18.3 Å². The summed E-state index contributed by atoms with van der Waals surface area (Å²) in [5, 5.41) is 12.0. The van der Waals surface area contributed by atoms with Gasteiger partial charge in [0.15, 0.2) is 0 Å². The summed E-state index contributed by atoms with van der Waals surface area (Å²) in [6.07, 6.45) is 10.5. The van der Waals surface area contributed by atoms with Crippen LogP contribution in [0.3, 0.4) is 0 Å². The van der Waals surface area contributed by atoms with E-state index < -0.39 is 0 Å². The predicted octanol–water partition coefficient (Wildman–Crippen LogP) is 2.09. The number of aliphatic hydroxyl groups is 1. The van der Waals surface area contributed by atoms with Gasteiger partial charge in [0.1, 0.15) is 0 Å². The minimum Gasteiger partial charge on any atom is -0.395 e. The average Bonchev–Trinajstić information content (AvgIpc) is 2.46. The molecular weight excluding hydrogens is 252 g/mol. The van der Waals surface area contributed by atoms with E-state index in [9.17, 15) is 4.79 Å². The summed E-state index contributed by atoms with van der Waals surface area (Å²) in [6.45, 7) is 4.86. The number of allylic oxidation sites excluding steroid dienone is 1. The molecule has 116 valence electrons. The van der Waals surface area contributed by atoms with Crippen LogP contribution < -0.4 is 5.32 Å². The Morgan fingerprint density at radius 1 is 1.40 bits per heavy atom. The fraction of sp³-hybridized carbons (Fsp3) is 0.812. The van der Waals surface area contributed by atoms with Gasteiger partial charge < -0.3 is 10.4 Å². The predicted molar refractivity (Wildman–Crippen MR) is 82.6 cm³/mol. The van der Waals surface area contributed by atoms with E-state index in [1.54, 1.807) is 0 Å². The van der Waals surface area contributed by atoms with Crippen LogP contribution in [0.15, 0.2) is 11.6 Å². The highest BCUT2D eigenvalue weighted by atomic mass is 16.3. The molecule has 1 rings (SSSR count). The first-order valence-electron chi connectivity index (χ1n) is 8.04. The fourth-order valence-corrected chi connectivity index (χ4v) is 2.55. The van der Waals surface area contributed by atoms with E-state index in [1.807, 2.05) is 4.90 Å². The lowest BCUT2D eigenvalue weighted by molar-refractivity contribution is -0.122. The van der Waals surface area contributed by atoms with E-state index in [-0.39, 0.29) is 12.5 Å². The zero-order chi connectivity index (χ0) is 14.6. The molecule has 4 nitrogen and oxygen atoms in total. The smallest absolute Gasteiger partial charge is 0.234 e. The van der Waals surface area contributed by atoms with Crippen molar-refractivity contribution in [3.63, 3.8) is 0 Å². The molecule has 0 atom stereocenters. The standard InChI is InChI=1S/C16H30N2O2/c1-2-3-11-18(12-13-19)14-16(20)17-10-9-15-7-5-4-6-8-15/h7,19H,2-6,8-14H2,1H3,(H,17,20). The number of nitrogens with zero attached hydrogens (tertiary/aromatic N) is 1. The molecular formula is C16H30N2O2. The van der Waals surface area contributed by atoms with E-state index >= 15 is 0 Å². The van der Waals surface area contributed by atoms with Gasteiger partial charge in [-0.25, -0.2) is 0 Å². The van der Waals surface area contributed by atoms with Crippen molar-refractivity contribution in [1.82, 2.24) is 10.2 Å². The van der Waals surface area contributed by atoms with Crippen LogP contribution in [0, 0.1) is 0 Å². The van der Waals surface area contributed by atoms with Crippen molar-refractivity contribution in [2.24, 2.45) is 0 Å². The molecule has 0 bridgehead atoms. The van der Waals surface area contributed by atoms with Gasteiger partial charge >= 0.3 is 0 Å². The molecule has 0 saturated carbocycles. The summed E-state index contributed by atoms with van der Waals surface area (Å²) in [4.78, 5) is 13.9. The molecule has 0 saturated heterocycles. The Labute approximate surface area is 123 Å². The minimum absolute atomic E-state index is 0.0750. The summed E-state index contributed by atoms with van der Waals surface area (Å²) in [5.41, 5.74) is 1.50. The lowest BCUT2D eigenvalue weighted by atomic mass is 9.97. The molecule has 0 aliphatic heterocycles. The van der Waals surface area contributed by atoms with Crippen molar-refractivity contribution in [1.29, 1.82) is 0 Å². The Hall–Kier alpha value is -0.870. The van der Waals surface area contributed by atoms with Crippen molar-refractivity contribution in [3.8, 4) is 0 Å². The SMILES string of the molecule is CCCCN(CCO)CC(=O)NCCC1=CCCCC1. The van der Waals surface area contributed by atoms with Crippen molar-refractivity contribution < 1.29 is 9.90 Å². The first-order chi connectivity index (χ1) is 9.76. The van der Waals surface area contributed by atoms with Gasteiger partial charge in [0.05, 0.1) is 13.2 Å². The lowest BCUT2D eigenvalue weighted by Gasteiger charge is -2.20. The molecule has 0 spiro atoms. The van der Waals surface area contributed by atoms with E-state index in [4.69, 9.17) is 5.11 Å². The Kier molecular flexibility index (Phi) is 9.33. The molecule has 20 heavy (non-hydrogen) atoms. The van der Waals surface area contributed by atoms with Gasteiger partial charge in [-0.1, -0.05) is 25.0 Å². The van der Waals surface area contributed by atoms with Crippen molar-refractivity contribution in [2.45, 2.75) is 51.9 Å². The van der Waals surface area contributed by atoms with Gasteiger partial charge in [-0.05, 0) is 45.1 Å². The minimum atomic E-state index is 0.0750. The largest absolute Gasteiger partial charge is 0.395 e. The van der Waals surface area contributed by atoms with Crippen LogP contribution >= 0.6 is 0 Å². The monoisotopic (exact) mass is 282 g/mol. The number of unbranched alkanes of at least 4 members (excludes halogenated alkanes) is 1. The van der Waals surface area contributed by atoms with Gasteiger partial charge in [-0.15, -0.1) is 0 Å². The molecule has 0 fully saturated rings. The number of hydrogen-bond acceptors (Lipinski definition) is 3. The normalized spacial score (nSPS) is 15.2. The summed E-state index contributed by atoms with van der Waals surface area (Å²) in [5.74, 6) is 0.0750. The maximum atomic E-state index is 11.9. The maximum absolute atomic E-state index is 11.9. The summed E-state index contributed by atoms with van der Waals surface area (Å²) in [6, 6.07) is 0. The molecule has 1 aliphatic rings. The molecule has 4 heteroatoms. The third-order valence-electron chi connectivity index (χ3n) is 3.76. The van der Waals surface area contributed by atoms with Crippen molar-refractivity contribution in [3.05, 3.63) is 11.6 Å².